The molecule has 1 aliphatic carbocycles. The van der Waals surface area contributed by atoms with Crippen LogP contribution < -0.4 is 0 Å². The van der Waals surface area contributed by atoms with Crippen LogP contribution in [-0.2, 0) is 6.42 Å². The lowest BCUT2D eigenvalue weighted by Gasteiger charge is -1.91. The molecule has 0 bridgehead atoms. The van der Waals surface area contributed by atoms with Crippen molar-refractivity contribution >= 4 is 6.08 Å². The van der Waals surface area contributed by atoms with Crippen molar-refractivity contribution in [2.45, 2.75) is 6.42 Å². The van der Waals surface area contributed by atoms with E-state index in [1.54, 1.807) is 6.33 Å². The van der Waals surface area contributed by atoms with Gasteiger partial charge < -0.3 is 0 Å². The van der Waals surface area contributed by atoms with E-state index < -0.39 is 0 Å². The summed E-state index contributed by atoms with van der Waals surface area (Å²) in [5, 5.41) is 0. The largest absolute Gasteiger partial charge is 0.244 e. The average molecular weight is 118 g/mol. The van der Waals surface area contributed by atoms with Gasteiger partial charge in [-0.2, -0.15) is 0 Å². The standard InChI is InChI=1S/C7H6N2/c1-2-6-4-8-5-9-7(6)3-1/h1,3-5H,2H2. The van der Waals surface area contributed by atoms with Crippen molar-refractivity contribution in [3.05, 3.63) is 29.9 Å². The second-order valence-corrected chi connectivity index (χ2v) is 2.04. The van der Waals surface area contributed by atoms with Gasteiger partial charge in [0.05, 0.1) is 5.69 Å². The van der Waals surface area contributed by atoms with E-state index in [0.717, 1.165) is 12.1 Å². The summed E-state index contributed by atoms with van der Waals surface area (Å²) >= 11 is 0. The molecule has 2 rings (SSSR count). The van der Waals surface area contributed by atoms with Gasteiger partial charge in [-0.05, 0) is 18.1 Å². The molecule has 9 heavy (non-hydrogen) atoms. The molecule has 1 aromatic heterocycles. The van der Waals surface area contributed by atoms with Crippen LogP contribution in [0.2, 0.25) is 0 Å². The maximum atomic E-state index is 4.06. The first-order valence-corrected chi connectivity index (χ1v) is 2.92. The van der Waals surface area contributed by atoms with Gasteiger partial charge in [-0.15, -0.1) is 0 Å². The predicted molar refractivity (Wildman–Crippen MR) is 34.8 cm³/mol. The van der Waals surface area contributed by atoms with E-state index in [0.29, 0.717) is 0 Å². The number of nitrogens with zero attached hydrogens (tertiary/aromatic N) is 2. The van der Waals surface area contributed by atoms with Gasteiger partial charge in [0, 0.05) is 6.20 Å². The highest BCUT2D eigenvalue weighted by atomic mass is 14.8. The molecule has 44 valence electrons. The highest BCUT2D eigenvalue weighted by molar-refractivity contribution is 5.54. The summed E-state index contributed by atoms with van der Waals surface area (Å²) in [6.45, 7) is 0. The highest BCUT2D eigenvalue weighted by Crippen LogP contribution is 2.13. The molecule has 0 saturated carbocycles. The average Bonchev–Trinajstić information content (AvgIpc) is 2.33. The molecule has 0 aromatic carbocycles. The SMILES string of the molecule is C1=Cc2ncncc2C1. The normalized spacial score (nSPS) is 13.8. The lowest BCUT2D eigenvalue weighted by atomic mass is 10.3. The molecule has 0 amide bonds. The molecule has 0 N–H and O–H groups in total. The lowest BCUT2D eigenvalue weighted by molar-refractivity contribution is 1.10. The molecule has 2 nitrogen and oxygen atoms in total. The minimum atomic E-state index is 0.996. The molecule has 0 radical (unpaired) electrons. The summed E-state index contributed by atoms with van der Waals surface area (Å²) in [5.74, 6) is 0. The van der Waals surface area contributed by atoms with E-state index in [1.165, 1.54) is 5.56 Å². The van der Waals surface area contributed by atoms with E-state index in [4.69, 9.17) is 0 Å². The molecule has 1 aliphatic rings. The topological polar surface area (TPSA) is 25.8 Å². The van der Waals surface area contributed by atoms with Gasteiger partial charge >= 0.3 is 0 Å². The fraction of sp³-hybridized carbons (Fsp3) is 0.143. The van der Waals surface area contributed by atoms with Crippen molar-refractivity contribution in [2.75, 3.05) is 0 Å². The Hall–Kier alpha value is -1.18. The number of fused-ring (bicyclic) bond motifs is 1. The Bertz CT molecular complexity index is 253. The Morgan fingerprint density at radius 2 is 2.44 bits per heavy atom. The van der Waals surface area contributed by atoms with Crippen LogP contribution in [-0.4, -0.2) is 9.97 Å². The second-order valence-electron chi connectivity index (χ2n) is 2.04. The summed E-state index contributed by atoms with van der Waals surface area (Å²) in [5.41, 5.74) is 2.31. The van der Waals surface area contributed by atoms with Gasteiger partial charge in [0.25, 0.3) is 0 Å². The Kier molecular flexibility index (Phi) is 0.859. The quantitative estimate of drug-likeness (QED) is 0.508. The van der Waals surface area contributed by atoms with Crippen LogP contribution in [0.5, 0.6) is 0 Å². The molecule has 0 fully saturated rings. The fourth-order valence-corrected chi connectivity index (χ4v) is 0.973. The monoisotopic (exact) mass is 118 g/mol. The Labute approximate surface area is 53.3 Å². The summed E-state index contributed by atoms with van der Waals surface area (Å²) in [7, 11) is 0. The molecule has 1 heterocycles. The van der Waals surface area contributed by atoms with Crippen LogP contribution in [0.3, 0.4) is 0 Å². The highest BCUT2D eigenvalue weighted by Gasteiger charge is 2.02. The van der Waals surface area contributed by atoms with Crippen LogP contribution in [0.15, 0.2) is 18.6 Å². The van der Waals surface area contributed by atoms with Gasteiger partial charge in [-0.1, -0.05) is 6.08 Å². The number of aromatic nitrogens is 2. The number of hydrogen-bond acceptors (Lipinski definition) is 2. The van der Waals surface area contributed by atoms with E-state index >= 15 is 0 Å². The molecule has 0 atom stereocenters. The van der Waals surface area contributed by atoms with Gasteiger partial charge in [0.1, 0.15) is 6.33 Å². The molecular weight excluding hydrogens is 112 g/mol. The second kappa shape index (κ2) is 1.65. The first-order chi connectivity index (χ1) is 4.47. The van der Waals surface area contributed by atoms with Crippen molar-refractivity contribution in [3.8, 4) is 0 Å². The van der Waals surface area contributed by atoms with Crippen molar-refractivity contribution in [2.24, 2.45) is 0 Å². The van der Waals surface area contributed by atoms with Gasteiger partial charge in [-0.25, -0.2) is 9.97 Å². The molecule has 0 aliphatic heterocycles. The summed E-state index contributed by atoms with van der Waals surface area (Å²) in [6, 6.07) is 0. The molecular formula is C7H6N2. The van der Waals surface area contributed by atoms with E-state index in [9.17, 15) is 0 Å². The van der Waals surface area contributed by atoms with Gasteiger partial charge in [0.15, 0.2) is 0 Å². The maximum Gasteiger partial charge on any atom is 0.116 e. The van der Waals surface area contributed by atoms with Crippen LogP contribution in [0.4, 0.5) is 0 Å². The zero-order chi connectivity index (χ0) is 6.10. The van der Waals surface area contributed by atoms with E-state index in [-0.39, 0.29) is 0 Å². The molecule has 0 saturated heterocycles. The minimum Gasteiger partial charge on any atom is -0.244 e. The van der Waals surface area contributed by atoms with Crippen molar-refractivity contribution < 1.29 is 0 Å². The van der Waals surface area contributed by atoms with Crippen molar-refractivity contribution in [3.63, 3.8) is 0 Å². The Morgan fingerprint density at radius 1 is 1.44 bits per heavy atom. The minimum absolute atomic E-state index is 0.996. The zero-order valence-electron chi connectivity index (χ0n) is 4.91. The first kappa shape index (κ1) is 4.68. The third kappa shape index (κ3) is 0.633. The van der Waals surface area contributed by atoms with Crippen molar-refractivity contribution in [1.29, 1.82) is 0 Å². The third-order valence-corrected chi connectivity index (χ3v) is 1.44. The summed E-state index contributed by atoms with van der Waals surface area (Å²) in [6.07, 6.45) is 8.56. The number of allylic oxidation sites excluding steroid dienone is 1. The molecule has 2 heteroatoms. The fourth-order valence-electron chi connectivity index (χ4n) is 0.973. The predicted octanol–water partition coefficient (Wildman–Crippen LogP) is 1.05. The third-order valence-electron chi connectivity index (χ3n) is 1.44. The lowest BCUT2D eigenvalue weighted by Crippen LogP contribution is -1.85. The van der Waals surface area contributed by atoms with E-state index in [2.05, 4.69) is 16.0 Å². The number of hydrogen-bond donors (Lipinski definition) is 0. The van der Waals surface area contributed by atoms with Crippen molar-refractivity contribution in [1.82, 2.24) is 9.97 Å². The van der Waals surface area contributed by atoms with Gasteiger partial charge in [0.2, 0.25) is 0 Å². The first-order valence-electron chi connectivity index (χ1n) is 2.92. The molecule has 1 aromatic rings. The van der Waals surface area contributed by atoms with Crippen LogP contribution in [0, 0.1) is 0 Å². The smallest absolute Gasteiger partial charge is 0.116 e. The van der Waals surface area contributed by atoms with Crippen LogP contribution in [0.25, 0.3) is 6.08 Å². The van der Waals surface area contributed by atoms with Gasteiger partial charge in [-0.3, -0.25) is 0 Å². The molecule has 0 spiro atoms. The zero-order valence-corrected chi connectivity index (χ0v) is 4.91. The Morgan fingerprint density at radius 3 is 3.33 bits per heavy atom. The Balaban J connectivity index is 2.63. The van der Waals surface area contributed by atoms with Crippen LogP contribution in [0.1, 0.15) is 11.3 Å². The summed E-state index contributed by atoms with van der Waals surface area (Å²) in [4.78, 5) is 7.97. The van der Waals surface area contributed by atoms with Crippen LogP contribution >= 0.6 is 0 Å². The maximum absolute atomic E-state index is 4.06. The summed E-state index contributed by atoms with van der Waals surface area (Å²) < 4.78 is 0. The molecule has 0 unspecified atom stereocenters. The van der Waals surface area contributed by atoms with E-state index in [1.807, 2.05) is 12.3 Å². The number of rotatable bonds is 0.